The first-order valence-corrected chi connectivity index (χ1v) is 8.36. The molecule has 2 amide bonds. The van der Waals surface area contributed by atoms with Crippen LogP contribution in [-0.4, -0.2) is 28.7 Å². The van der Waals surface area contributed by atoms with E-state index in [9.17, 15) is 9.59 Å². The van der Waals surface area contributed by atoms with Crippen molar-refractivity contribution in [2.24, 2.45) is 5.92 Å². The minimum Gasteiger partial charge on any atom is -0.355 e. The molecule has 120 valence electrons. The molecule has 23 heavy (non-hydrogen) atoms. The second kappa shape index (κ2) is 5.57. The number of hydrogen-bond acceptors (Lipinski definition) is 2. The quantitative estimate of drug-likeness (QED) is 0.849. The molecule has 0 radical (unpaired) electrons. The van der Waals surface area contributed by atoms with E-state index in [0.29, 0.717) is 11.6 Å². The summed E-state index contributed by atoms with van der Waals surface area (Å²) in [5, 5.41) is 4.80. The molecule has 1 aromatic carbocycles. The third kappa shape index (κ3) is 2.39. The summed E-state index contributed by atoms with van der Waals surface area (Å²) in [6.45, 7) is 0.589. The summed E-state index contributed by atoms with van der Waals surface area (Å²) in [5.41, 5.74) is 3.02. The first-order valence-electron chi connectivity index (χ1n) is 7.99. The highest BCUT2D eigenvalue weighted by Crippen LogP contribution is 2.35. The van der Waals surface area contributed by atoms with E-state index < -0.39 is 6.17 Å². The van der Waals surface area contributed by atoms with Crippen molar-refractivity contribution in [3.8, 4) is 0 Å². The van der Waals surface area contributed by atoms with Crippen LogP contribution in [0.1, 0.15) is 36.7 Å². The smallest absolute Gasteiger partial charge is 0.225 e. The van der Waals surface area contributed by atoms with Crippen LogP contribution in [0.25, 0.3) is 10.9 Å². The van der Waals surface area contributed by atoms with E-state index in [1.165, 1.54) is 0 Å². The second-order valence-corrected chi connectivity index (χ2v) is 6.78. The number of fused-ring (bicyclic) bond motifs is 3. The zero-order valence-corrected chi connectivity index (χ0v) is 13.4. The van der Waals surface area contributed by atoms with E-state index in [1.54, 1.807) is 4.90 Å². The normalized spacial score (nSPS) is 20.9. The predicted molar refractivity (Wildman–Crippen MR) is 88.0 cm³/mol. The molecule has 0 saturated heterocycles. The van der Waals surface area contributed by atoms with E-state index in [2.05, 4.69) is 10.3 Å². The standard InChI is InChI=1S/C17H18ClN3O2/c18-11-4-5-14-13(8-11)12-6-7-21(9-22)16(15(12)19-14)20-17(23)10-2-1-3-10/h4-5,8-10,16,19H,1-3,6-7H2,(H,20,23). The highest BCUT2D eigenvalue weighted by atomic mass is 35.5. The van der Waals surface area contributed by atoms with Crippen LogP contribution >= 0.6 is 11.6 Å². The fourth-order valence-corrected chi connectivity index (χ4v) is 3.64. The lowest BCUT2D eigenvalue weighted by atomic mass is 9.84. The van der Waals surface area contributed by atoms with Gasteiger partial charge < -0.3 is 15.2 Å². The van der Waals surface area contributed by atoms with Gasteiger partial charge in [-0.25, -0.2) is 0 Å². The van der Waals surface area contributed by atoms with Crippen molar-refractivity contribution in [1.82, 2.24) is 15.2 Å². The van der Waals surface area contributed by atoms with Gasteiger partial charge in [-0.3, -0.25) is 9.59 Å². The van der Waals surface area contributed by atoms with Crippen molar-refractivity contribution in [2.75, 3.05) is 6.54 Å². The van der Waals surface area contributed by atoms with Gasteiger partial charge in [-0.1, -0.05) is 18.0 Å². The number of amides is 2. The Morgan fingerprint density at radius 2 is 2.22 bits per heavy atom. The van der Waals surface area contributed by atoms with Crippen LogP contribution in [-0.2, 0) is 16.0 Å². The Morgan fingerprint density at radius 3 is 2.91 bits per heavy atom. The second-order valence-electron chi connectivity index (χ2n) is 6.34. The van der Waals surface area contributed by atoms with Crippen molar-refractivity contribution in [1.29, 1.82) is 0 Å². The molecule has 1 aliphatic heterocycles. The molecule has 2 N–H and O–H groups in total. The Bertz CT molecular complexity index is 781. The maximum absolute atomic E-state index is 12.3. The molecule has 2 heterocycles. The zero-order chi connectivity index (χ0) is 16.0. The van der Waals surface area contributed by atoms with Gasteiger partial charge in [-0.2, -0.15) is 0 Å². The summed E-state index contributed by atoms with van der Waals surface area (Å²) in [5.74, 6) is 0.130. The van der Waals surface area contributed by atoms with E-state index in [0.717, 1.165) is 54.3 Å². The van der Waals surface area contributed by atoms with Gasteiger partial charge in [0.2, 0.25) is 12.3 Å². The van der Waals surface area contributed by atoms with Crippen molar-refractivity contribution >= 4 is 34.8 Å². The lowest BCUT2D eigenvalue weighted by Gasteiger charge is -2.35. The maximum atomic E-state index is 12.3. The molecule has 1 aliphatic carbocycles. The van der Waals surface area contributed by atoms with Crippen molar-refractivity contribution in [3.05, 3.63) is 34.5 Å². The molecule has 1 atom stereocenters. The molecule has 4 rings (SSSR count). The van der Waals surface area contributed by atoms with Gasteiger partial charge in [0.05, 0.1) is 5.69 Å². The number of carbonyl (C=O) groups is 2. The topological polar surface area (TPSA) is 65.2 Å². The van der Waals surface area contributed by atoms with Crippen LogP contribution in [0.2, 0.25) is 5.02 Å². The van der Waals surface area contributed by atoms with E-state index >= 15 is 0 Å². The number of nitrogens with one attached hydrogen (secondary N) is 2. The van der Waals surface area contributed by atoms with E-state index in [-0.39, 0.29) is 11.8 Å². The molecule has 0 bridgehead atoms. The number of halogens is 1. The molecule has 2 aliphatic rings. The van der Waals surface area contributed by atoms with E-state index in [4.69, 9.17) is 11.6 Å². The molecule has 5 nitrogen and oxygen atoms in total. The van der Waals surface area contributed by atoms with Gasteiger partial charge >= 0.3 is 0 Å². The maximum Gasteiger partial charge on any atom is 0.225 e. The molecular formula is C17H18ClN3O2. The average molecular weight is 332 g/mol. The van der Waals surface area contributed by atoms with Crippen LogP contribution in [0.5, 0.6) is 0 Å². The van der Waals surface area contributed by atoms with Gasteiger partial charge in [0.25, 0.3) is 0 Å². The number of benzene rings is 1. The van der Waals surface area contributed by atoms with Crippen LogP contribution in [0.3, 0.4) is 0 Å². The SMILES string of the molecule is O=CN1CCc2c([nH]c3ccc(Cl)cc23)C1NC(=O)C1CCC1. The highest BCUT2D eigenvalue weighted by molar-refractivity contribution is 6.31. The number of aromatic nitrogens is 1. The summed E-state index contributed by atoms with van der Waals surface area (Å²) < 4.78 is 0. The Labute approximate surface area is 139 Å². The summed E-state index contributed by atoms with van der Waals surface area (Å²) in [7, 11) is 0. The fourth-order valence-electron chi connectivity index (χ4n) is 3.47. The number of hydrogen-bond donors (Lipinski definition) is 2. The largest absolute Gasteiger partial charge is 0.355 e. The number of nitrogens with zero attached hydrogens (tertiary/aromatic N) is 1. The molecule has 1 saturated carbocycles. The first-order chi connectivity index (χ1) is 11.2. The third-order valence-electron chi connectivity index (χ3n) is 5.02. The molecular weight excluding hydrogens is 314 g/mol. The minimum absolute atomic E-state index is 0.0395. The van der Waals surface area contributed by atoms with Crippen molar-refractivity contribution in [2.45, 2.75) is 31.8 Å². The van der Waals surface area contributed by atoms with E-state index in [1.807, 2.05) is 18.2 Å². The van der Waals surface area contributed by atoms with Crippen molar-refractivity contribution < 1.29 is 9.59 Å². The van der Waals surface area contributed by atoms with Gasteiger partial charge in [-0.05, 0) is 43.0 Å². The Balaban J connectivity index is 1.73. The first kappa shape index (κ1) is 14.6. The average Bonchev–Trinajstić information content (AvgIpc) is 2.84. The summed E-state index contributed by atoms with van der Waals surface area (Å²) in [6.07, 6.45) is 4.13. The molecule has 1 unspecified atom stereocenters. The van der Waals surface area contributed by atoms with Crippen LogP contribution in [0, 0.1) is 5.92 Å². The highest BCUT2D eigenvalue weighted by Gasteiger charge is 2.34. The number of aromatic amines is 1. The fraction of sp³-hybridized carbons (Fsp3) is 0.412. The lowest BCUT2D eigenvalue weighted by Crippen LogP contribution is -2.47. The Hall–Kier alpha value is -2.01. The molecule has 6 heteroatoms. The van der Waals surface area contributed by atoms with Crippen LogP contribution in [0.4, 0.5) is 0 Å². The molecule has 1 fully saturated rings. The third-order valence-corrected chi connectivity index (χ3v) is 5.25. The predicted octanol–water partition coefficient (Wildman–Crippen LogP) is 2.75. The number of carbonyl (C=O) groups excluding carboxylic acids is 2. The summed E-state index contributed by atoms with van der Waals surface area (Å²) in [6, 6.07) is 5.71. The lowest BCUT2D eigenvalue weighted by molar-refractivity contribution is -0.131. The Morgan fingerprint density at radius 1 is 1.39 bits per heavy atom. The summed E-state index contributed by atoms with van der Waals surface area (Å²) in [4.78, 5) is 28.8. The van der Waals surface area contributed by atoms with Gasteiger partial charge in [0.15, 0.2) is 0 Å². The summed E-state index contributed by atoms with van der Waals surface area (Å²) >= 11 is 6.11. The molecule has 0 spiro atoms. The molecule has 1 aromatic heterocycles. The van der Waals surface area contributed by atoms with Gasteiger partial charge in [0, 0.05) is 28.4 Å². The van der Waals surface area contributed by atoms with Crippen molar-refractivity contribution in [3.63, 3.8) is 0 Å². The van der Waals surface area contributed by atoms with Gasteiger partial charge in [0.1, 0.15) is 6.17 Å². The van der Waals surface area contributed by atoms with Crippen LogP contribution < -0.4 is 5.32 Å². The number of rotatable bonds is 3. The molecule has 2 aromatic rings. The monoisotopic (exact) mass is 331 g/mol. The van der Waals surface area contributed by atoms with Crippen LogP contribution in [0.15, 0.2) is 18.2 Å². The number of H-pyrrole nitrogens is 1. The zero-order valence-electron chi connectivity index (χ0n) is 12.6. The minimum atomic E-state index is -0.421. The van der Waals surface area contributed by atoms with Gasteiger partial charge in [-0.15, -0.1) is 0 Å². The Kier molecular flexibility index (Phi) is 3.53.